The maximum absolute atomic E-state index is 10.8. The van der Waals surface area contributed by atoms with Crippen LogP contribution < -0.4 is 0 Å². The number of hydrogen-bond acceptors (Lipinski definition) is 1. The van der Waals surface area contributed by atoms with Crippen LogP contribution in [0, 0.1) is 50.7 Å². The summed E-state index contributed by atoms with van der Waals surface area (Å²) in [6.07, 6.45) is 17.6. The minimum atomic E-state index is -0.0840. The summed E-state index contributed by atoms with van der Waals surface area (Å²) >= 11 is 0. The fourth-order valence-corrected chi connectivity index (χ4v) is 11.1. The quantitative estimate of drug-likeness (QED) is 0.449. The van der Waals surface area contributed by atoms with Gasteiger partial charge in [-0.05, 0) is 135 Å². The van der Waals surface area contributed by atoms with Gasteiger partial charge >= 0.3 is 0 Å². The zero-order valence-electron chi connectivity index (χ0n) is 21.7. The van der Waals surface area contributed by atoms with Crippen LogP contribution in [0.1, 0.15) is 119 Å². The van der Waals surface area contributed by atoms with Gasteiger partial charge in [-0.15, -0.1) is 0 Å². The Morgan fingerprint density at radius 3 is 2.26 bits per heavy atom. The molecular weight excluding hydrogens is 376 g/mol. The van der Waals surface area contributed by atoms with Crippen LogP contribution in [0.25, 0.3) is 0 Å². The second-order valence-corrected chi connectivity index (χ2v) is 14.4. The van der Waals surface area contributed by atoms with Crippen LogP contribution in [0.15, 0.2) is 11.6 Å². The molecular formula is C30H50O. The predicted octanol–water partition coefficient (Wildman–Crippen LogP) is 8.17. The molecule has 0 aromatic carbocycles. The number of aliphatic hydroxyl groups excluding tert-OH is 1. The normalized spacial score (nSPS) is 52.9. The number of fused-ring (bicyclic) bond motifs is 2. The van der Waals surface area contributed by atoms with Gasteiger partial charge in [-0.3, -0.25) is 0 Å². The van der Waals surface area contributed by atoms with Crippen LogP contribution in [0.2, 0.25) is 0 Å². The highest BCUT2D eigenvalue weighted by Crippen LogP contribution is 2.89. The van der Waals surface area contributed by atoms with E-state index in [2.05, 4.69) is 54.5 Å². The van der Waals surface area contributed by atoms with Crippen molar-refractivity contribution in [3.63, 3.8) is 0 Å². The van der Waals surface area contributed by atoms with Gasteiger partial charge in [0.15, 0.2) is 0 Å². The lowest BCUT2D eigenvalue weighted by Gasteiger charge is -2.63. The number of aliphatic hydroxyl groups is 1. The van der Waals surface area contributed by atoms with Crippen LogP contribution in [0.4, 0.5) is 0 Å². The summed E-state index contributed by atoms with van der Waals surface area (Å²) in [4.78, 5) is 0. The summed E-state index contributed by atoms with van der Waals surface area (Å²) in [7, 11) is 0. The Balaban J connectivity index is 1.41. The summed E-state index contributed by atoms with van der Waals surface area (Å²) < 4.78 is 0. The highest BCUT2D eigenvalue weighted by Gasteiger charge is 2.82. The topological polar surface area (TPSA) is 20.2 Å². The summed E-state index contributed by atoms with van der Waals surface area (Å²) in [5.74, 6) is 3.46. The largest absolute Gasteiger partial charge is 0.393 e. The van der Waals surface area contributed by atoms with Crippen molar-refractivity contribution >= 4 is 0 Å². The first kappa shape index (κ1) is 22.5. The van der Waals surface area contributed by atoms with Crippen molar-refractivity contribution in [2.24, 2.45) is 50.7 Å². The van der Waals surface area contributed by atoms with E-state index >= 15 is 0 Å². The molecule has 0 radical (unpaired) electrons. The van der Waals surface area contributed by atoms with E-state index in [0.29, 0.717) is 21.7 Å². The van der Waals surface area contributed by atoms with Crippen LogP contribution in [-0.4, -0.2) is 11.2 Å². The number of rotatable bonds is 4. The van der Waals surface area contributed by atoms with Crippen LogP contribution >= 0.6 is 0 Å². The van der Waals surface area contributed by atoms with Gasteiger partial charge in [-0.25, -0.2) is 0 Å². The van der Waals surface area contributed by atoms with Crippen LogP contribution in [0.3, 0.4) is 0 Å². The molecule has 9 atom stereocenters. The minimum Gasteiger partial charge on any atom is -0.393 e. The summed E-state index contributed by atoms with van der Waals surface area (Å²) in [6.45, 7) is 17.3. The molecule has 2 spiro atoms. The Kier molecular flexibility index (Phi) is 4.98. The molecule has 0 bridgehead atoms. The van der Waals surface area contributed by atoms with E-state index in [-0.39, 0.29) is 11.5 Å². The maximum Gasteiger partial charge on any atom is 0.0594 e. The Morgan fingerprint density at radius 2 is 1.55 bits per heavy atom. The average molecular weight is 427 g/mol. The molecule has 0 amide bonds. The van der Waals surface area contributed by atoms with Crippen molar-refractivity contribution in [2.45, 2.75) is 125 Å². The first-order chi connectivity index (χ1) is 14.4. The average Bonchev–Trinajstić information content (AvgIpc) is 3.27. The standard InChI is InChI=1S/C30H50O/c1-20(2)9-8-10-21(3)22-13-15-28(7)24-12-11-23-26(4,5)25(31)14-16-29(23)19-30(24,29)18-17-27(22,28)6/h9,21-25,31H,8,10-19H2,1-7H3/t21-,22-,23-,24+,25-,27-,28-,29-,30+/m0/s1. The Labute approximate surface area is 192 Å². The molecule has 176 valence electrons. The fourth-order valence-electron chi connectivity index (χ4n) is 11.1. The fraction of sp³-hybridized carbons (Fsp3) is 0.933. The Morgan fingerprint density at radius 1 is 0.871 bits per heavy atom. The molecule has 1 nitrogen and oxygen atoms in total. The van der Waals surface area contributed by atoms with Gasteiger partial charge in [0.2, 0.25) is 0 Å². The molecule has 5 aliphatic rings. The van der Waals surface area contributed by atoms with Gasteiger partial charge in [-0.1, -0.05) is 46.3 Å². The third-order valence-corrected chi connectivity index (χ3v) is 13.0. The molecule has 31 heavy (non-hydrogen) atoms. The van der Waals surface area contributed by atoms with Gasteiger partial charge in [-0.2, -0.15) is 0 Å². The summed E-state index contributed by atoms with van der Waals surface area (Å²) in [6, 6.07) is 0. The first-order valence-electron chi connectivity index (χ1n) is 13.8. The van der Waals surface area contributed by atoms with E-state index in [1.165, 1.54) is 69.8 Å². The molecule has 0 heterocycles. The molecule has 1 heteroatoms. The molecule has 5 fully saturated rings. The van der Waals surface area contributed by atoms with Crippen molar-refractivity contribution in [2.75, 3.05) is 0 Å². The zero-order chi connectivity index (χ0) is 22.4. The zero-order valence-corrected chi connectivity index (χ0v) is 21.7. The minimum absolute atomic E-state index is 0.0840. The third-order valence-electron chi connectivity index (χ3n) is 13.0. The van der Waals surface area contributed by atoms with E-state index in [9.17, 15) is 5.11 Å². The van der Waals surface area contributed by atoms with Crippen LogP contribution in [0.5, 0.6) is 0 Å². The first-order valence-corrected chi connectivity index (χ1v) is 13.8. The lowest BCUT2D eigenvalue weighted by Crippen LogP contribution is -2.57. The smallest absolute Gasteiger partial charge is 0.0594 e. The van der Waals surface area contributed by atoms with E-state index in [1.54, 1.807) is 0 Å². The van der Waals surface area contributed by atoms with Crippen molar-refractivity contribution in [1.82, 2.24) is 0 Å². The van der Waals surface area contributed by atoms with Crippen molar-refractivity contribution in [3.8, 4) is 0 Å². The molecule has 5 rings (SSSR count). The van der Waals surface area contributed by atoms with Gasteiger partial charge < -0.3 is 5.11 Å². The third kappa shape index (κ3) is 2.71. The lowest BCUT2D eigenvalue weighted by molar-refractivity contribution is -0.161. The Bertz CT molecular complexity index is 760. The summed E-state index contributed by atoms with van der Waals surface area (Å²) in [5, 5.41) is 10.8. The van der Waals surface area contributed by atoms with E-state index in [0.717, 1.165) is 30.1 Å². The molecule has 1 N–H and O–H groups in total. The molecule has 5 saturated carbocycles. The molecule has 5 aliphatic carbocycles. The number of allylic oxidation sites excluding steroid dienone is 2. The van der Waals surface area contributed by atoms with E-state index < -0.39 is 0 Å². The maximum atomic E-state index is 10.8. The molecule has 0 aromatic rings. The van der Waals surface area contributed by atoms with Gasteiger partial charge in [0, 0.05) is 0 Å². The highest BCUT2D eigenvalue weighted by atomic mass is 16.3. The van der Waals surface area contributed by atoms with Crippen molar-refractivity contribution in [1.29, 1.82) is 0 Å². The predicted molar refractivity (Wildman–Crippen MR) is 131 cm³/mol. The van der Waals surface area contributed by atoms with Gasteiger partial charge in [0.1, 0.15) is 0 Å². The second-order valence-electron chi connectivity index (χ2n) is 14.4. The van der Waals surface area contributed by atoms with E-state index in [4.69, 9.17) is 0 Å². The summed E-state index contributed by atoms with van der Waals surface area (Å²) in [5.41, 5.74) is 3.87. The molecule has 0 unspecified atom stereocenters. The van der Waals surface area contributed by atoms with Gasteiger partial charge in [0.25, 0.3) is 0 Å². The molecule has 0 saturated heterocycles. The monoisotopic (exact) mass is 426 g/mol. The Hall–Kier alpha value is -0.300. The second kappa shape index (κ2) is 6.86. The van der Waals surface area contributed by atoms with Gasteiger partial charge in [0.05, 0.1) is 6.10 Å². The van der Waals surface area contributed by atoms with E-state index in [1.807, 2.05) is 0 Å². The number of hydrogen-bond donors (Lipinski definition) is 1. The van der Waals surface area contributed by atoms with Crippen molar-refractivity contribution in [3.05, 3.63) is 11.6 Å². The molecule has 0 aromatic heterocycles. The van der Waals surface area contributed by atoms with Crippen LogP contribution in [-0.2, 0) is 0 Å². The lowest BCUT2D eigenvalue weighted by atomic mass is 9.41. The highest BCUT2D eigenvalue weighted by molar-refractivity contribution is 5.30. The molecule has 0 aliphatic heterocycles. The van der Waals surface area contributed by atoms with Crippen molar-refractivity contribution < 1.29 is 5.11 Å². The SMILES string of the molecule is CC(C)=CCC[C@H](C)[C@@H]1CC[C@@]2(C)[C@H]3CC[C@H]4C(C)(C)[C@@H](O)CC[C@]45C[C@]35CC[C@@]12C.